The molecule has 0 aliphatic rings. The smallest absolute Gasteiger partial charge is 0.274 e. The summed E-state index contributed by atoms with van der Waals surface area (Å²) in [6, 6.07) is 7.94. The second kappa shape index (κ2) is 8.12. The molecule has 1 unspecified atom stereocenters. The Balaban J connectivity index is 1.50. The van der Waals surface area contributed by atoms with E-state index in [0.29, 0.717) is 30.1 Å². The predicted molar refractivity (Wildman–Crippen MR) is 103 cm³/mol. The molecule has 1 N–H and O–H groups in total. The van der Waals surface area contributed by atoms with Gasteiger partial charge in [-0.1, -0.05) is 19.1 Å². The van der Waals surface area contributed by atoms with Crippen molar-refractivity contribution < 1.29 is 13.7 Å². The first-order chi connectivity index (χ1) is 13.2. The monoisotopic (exact) mass is 402 g/mol. The van der Waals surface area contributed by atoms with E-state index in [0.717, 1.165) is 22.7 Å². The van der Waals surface area contributed by atoms with Crippen LogP contribution < -0.4 is 4.90 Å². The molecule has 0 bridgehead atoms. The largest absolute Gasteiger partial charge is 0.414 e. The lowest BCUT2D eigenvalue weighted by Crippen LogP contribution is -3.10. The minimum Gasteiger partial charge on any atom is -0.414 e. The molecule has 9 heteroatoms. The molecule has 0 saturated carbocycles. The summed E-state index contributed by atoms with van der Waals surface area (Å²) in [6.07, 6.45) is 1.03. The summed E-state index contributed by atoms with van der Waals surface area (Å²) >= 11 is 3.18. The molecule has 0 fully saturated rings. The molecule has 27 heavy (non-hydrogen) atoms. The molecule has 0 spiro atoms. The highest BCUT2D eigenvalue weighted by Gasteiger charge is 2.27. The molecule has 0 radical (unpaired) electrons. The van der Waals surface area contributed by atoms with Crippen molar-refractivity contribution in [2.75, 3.05) is 6.54 Å². The van der Waals surface area contributed by atoms with Crippen LogP contribution in [-0.4, -0.2) is 26.9 Å². The summed E-state index contributed by atoms with van der Waals surface area (Å²) in [5.41, 5.74) is 0. The molecule has 0 saturated heterocycles. The van der Waals surface area contributed by atoms with E-state index in [-0.39, 0.29) is 6.04 Å². The second-order valence-corrected chi connectivity index (χ2v) is 8.10. The molecule has 4 rings (SSSR count). The van der Waals surface area contributed by atoms with Crippen LogP contribution in [0.5, 0.6) is 0 Å². The molecule has 4 heterocycles. The molecular weight excluding hydrogens is 382 g/mol. The van der Waals surface area contributed by atoms with Crippen LogP contribution in [0.15, 0.2) is 43.9 Å². The Kier molecular flexibility index (Phi) is 5.42. The van der Waals surface area contributed by atoms with E-state index in [9.17, 15) is 0 Å². The van der Waals surface area contributed by atoms with Gasteiger partial charge in [-0.05, 0) is 36.2 Å². The van der Waals surface area contributed by atoms with Gasteiger partial charge in [0.2, 0.25) is 0 Å². The van der Waals surface area contributed by atoms with Crippen molar-refractivity contribution >= 4 is 22.7 Å². The highest BCUT2D eigenvalue weighted by Crippen LogP contribution is 2.25. The van der Waals surface area contributed by atoms with Crippen molar-refractivity contribution in [1.29, 1.82) is 0 Å². The molecule has 0 aromatic carbocycles. The summed E-state index contributed by atoms with van der Waals surface area (Å²) in [5, 5.41) is 20.9. The normalized spacial score (nSPS) is 13.7. The van der Waals surface area contributed by atoms with Gasteiger partial charge in [0, 0.05) is 0 Å². The lowest BCUT2D eigenvalue weighted by Gasteiger charge is -2.21. The van der Waals surface area contributed by atoms with E-state index in [1.54, 1.807) is 22.7 Å². The fourth-order valence-electron chi connectivity index (χ4n) is 2.88. The number of hydrogen-bond donors (Lipinski definition) is 1. The van der Waals surface area contributed by atoms with Gasteiger partial charge >= 0.3 is 0 Å². The molecule has 7 nitrogen and oxygen atoms in total. The van der Waals surface area contributed by atoms with E-state index in [1.807, 2.05) is 35.0 Å². The van der Waals surface area contributed by atoms with Crippen molar-refractivity contribution in [3.63, 3.8) is 0 Å². The zero-order valence-corrected chi connectivity index (χ0v) is 16.7. The van der Waals surface area contributed by atoms with Crippen LogP contribution in [0.4, 0.5) is 0 Å². The number of nitrogens with zero attached hydrogens (tertiary/aromatic N) is 4. The van der Waals surface area contributed by atoms with Crippen molar-refractivity contribution in [2.45, 2.75) is 32.9 Å². The number of quaternary nitrogens is 1. The van der Waals surface area contributed by atoms with Crippen molar-refractivity contribution in [1.82, 2.24) is 20.4 Å². The summed E-state index contributed by atoms with van der Waals surface area (Å²) in [5.74, 6) is 2.38. The minimum absolute atomic E-state index is 0.0308. The SMILES string of the molecule is CCC[NH+](Cc1nnc(-c2cccs2)o1)[C@H](C)c1nnc(-c2cccs2)o1. The standard InChI is InChI=1S/C18H19N5O2S2/c1-3-8-23(11-15-19-21-17(24-15)13-6-4-9-26-13)12(2)16-20-22-18(25-16)14-7-5-10-27-14/h4-7,9-10,12H,3,8,11H2,1-2H3/p+1/t12-/m1/s1. The van der Waals surface area contributed by atoms with Gasteiger partial charge in [0.15, 0.2) is 12.6 Å². The summed E-state index contributed by atoms with van der Waals surface area (Å²) in [7, 11) is 0. The Morgan fingerprint density at radius 3 is 2.26 bits per heavy atom. The molecule has 4 aromatic rings. The third kappa shape index (κ3) is 4.00. The quantitative estimate of drug-likeness (QED) is 0.486. The second-order valence-electron chi connectivity index (χ2n) is 6.21. The van der Waals surface area contributed by atoms with Crippen LogP contribution in [0, 0.1) is 0 Å². The third-order valence-corrected chi connectivity index (χ3v) is 6.02. The molecule has 0 amide bonds. The van der Waals surface area contributed by atoms with Gasteiger partial charge in [0.05, 0.1) is 16.3 Å². The number of hydrogen-bond acceptors (Lipinski definition) is 8. The summed E-state index contributed by atoms with van der Waals surface area (Å²) in [6.45, 7) is 5.80. The van der Waals surface area contributed by atoms with E-state index in [2.05, 4.69) is 34.2 Å². The van der Waals surface area contributed by atoms with E-state index >= 15 is 0 Å². The highest BCUT2D eigenvalue weighted by molar-refractivity contribution is 7.13. The minimum atomic E-state index is 0.0308. The average molecular weight is 403 g/mol. The first-order valence-electron chi connectivity index (χ1n) is 8.82. The van der Waals surface area contributed by atoms with Crippen molar-refractivity contribution in [3.05, 3.63) is 46.8 Å². The topological polar surface area (TPSA) is 82.3 Å². The predicted octanol–water partition coefficient (Wildman–Crippen LogP) is 3.47. The van der Waals surface area contributed by atoms with Gasteiger partial charge in [0.25, 0.3) is 23.6 Å². The van der Waals surface area contributed by atoms with Crippen LogP contribution >= 0.6 is 22.7 Å². The van der Waals surface area contributed by atoms with E-state index < -0.39 is 0 Å². The number of rotatable bonds is 8. The number of nitrogens with one attached hydrogen (secondary N) is 1. The van der Waals surface area contributed by atoms with E-state index in [1.165, 1.54) is 4.90 Å². The van der Waals surface area contributed by atoms with Gasteiger partial charge in [0.1, 0.15) is 0 Å². The maximum absolute atomic E-state index is 5.92. The van der Waals surface area contributed by atoms with Crippen molar-refractivity contribution in [3.8, 4) is 21.5 Å². The Bertz CT molecular complexity index is 962. The van der Waals surface area contributed by atoms with Gasteiger partial charge in [-0.2, -0.15) is 0 Å². The van der Waals surface area contributed by atoms with Gasteiger partial charge < -0.3 is 13.7 Å². The molecule has 0 aliphatic carbocycles. The van der Waals surface area contributed by atoms with Gasteiger partial charge in [-0.25, -0.2) is 0 Å². The highest BCUT2D eigenvalue weighted by atomic mass is 32.1. The first kappa shape index (κ1) is 18.0. The molecule has 4 aromatic heterocycles. The Labute approximate surface area is 164 Å². The van der Waals surface area contributed by atoms with Crippen LogP contribution in [0.1, 0.15) is 38.1 Å². The van der Waals surface area contributed by atoms with Crippen LogP contribution in [-0.2, 0) is 6.54 Å². The fourth-order valence-corrected chi connectivity index (χ4v) is 4.17. The lowest BCUT2D eigenvalue weighted by molar-refractivity contribution is -0.945. The van der Waals surface area contributed by atoms with Gasteiger partial charge in [-0.15, -0.1) is 43.1 Å². The zero-order chi connectivity index (χ0) is 18.6. The average Bonchev–Trinajstić information content (AvgIpc) is 3.48. The molecular formula is C18H20N5O2S2+. The zero-order valence-electron chi connectivity index (χ0n) is 15.1. The fraction of sp³-hybridized carbons (Fsp3) is 0.333. The van der Waals surface area contributed by atoms with Crippen LogP contribution in [0.25, 0.3) is 21.5 Å². The summed E-state index contributed by atoms with van der Waals surface area (Å²) < 4.78 is 11.8. The summed E-state index contributed by atoms with van der Waals surface area (Å²) in [4.78, 5) is 3.21. The first-order valence-corrected chi connectivity index (χ1v) is 10.6. The Morgan fingerprint density at radius 2 is 1.63 bits per heavy atom. The van der Waals surface area contributed by atoms with E-state index in [4.69, 9.17) is 8.83 Å². The Hall–Kier alpha value is -2.36. The third-order valence-electron chi connectivity index (χ3n) is 4.30. The van der Waals surface area contributed by atoms with Crippen LogP contribution in [0.2, 0.25) is 0 Å². The molecule has 2 atom stereocenters. The lowest BCUT2D eigenvalue weighted by atomic mass is 10.2. The number of aromatic nitrogens is 4. The van der Waals surface area contributed by atoms with Crippen molar-refractivity contribution in [2.24, 2.45) is 0 Å². The Morgan fingerprint density at radius 1 is 0.963 bits per heavy atom. The van der Waals surface area contributed by atoms with Gasteiger partial charge in [-0.3, -0.25) is 0 Å². The number of thiophene rings is 2. The molecule has 140 valence electrons. The maximum atomic E-state index is 5.92. The van der Waals surface area contributed by atoms with Crippen LogP contribution in [0.3, 0.4) is 0 Å². The molecule has 0 aliphatic heterocycles. The maximum Gasteiger partial charge on any atom is 0.274 e.